The number of rotatable bonds is 3. The van der Waals surface area contributed by atoms with Crippen LogP contribution in [0.1, 0.15) is 0 Å². The van der Waals surface area contributed by atoms with Gasteiger partial charge in [-0.3, -0.25) is 9.59 Å². The largest absolute Gasteiger partial charge is 0.478 e. The van der Waals surface area contributed by atoms with Gasteiger partial charge >= 0.3 is 5.97 Å². The second-order valence-corrected chi connectivity index (χ2v) is 2.47. The third-order valence-corrected chi connectivity index (χ3v) is 1.31. The third-order valence-electron chi connectivity index (χ3n) is 1.31. The molecule has 1 aromatic rings. The predicted molar refractivity (Wildman–Crippen MR) is 50.3 cm³/mol. The Hall–Kier alpha value is -2.44. The zero-order chi connectivity index (χ0) is 11.3. The first-order valence-corrected chi connectivity index (χ1v) is 3.85. The van der Waals surface area contributed by atoms with Crippen molar-refractivity contribution in [2.45, 2.75) is 0 Å². The summed E-state index contributed by atoms with van der Waals surface area (Å²) in [4.78, 5) is 31.7. The molecule has 0 saturated heterocycles. The summed E-state index contributed by atoms with van der Waals surface area (Å²) in [6.07, 6.45) is 1.54. The van der Waals surface area contributed by atoms with E-state index in [2.05, 4.69) is 15.5 Å². The highest BCUT2D eigenvalue weighted by molar-refractivity contribution is 6.01. The molecule has 0 aromatic carbocycles. The molecule has 0 saturated carbocycles. The molecule has 1 amide bonds. The second-order valence-electron chi connectivity index (χ2n) is 2.47. The van der Waals surface area contributed by atoms with Gasteiger partial charge < -0.3 is 10.4 Å². The van der Waals surface area contributed by atoms with Crippen molar-refractivity contribution in [3.8, 4) is 0 Å². The highest BCUT2D eigenvalue weighted by Crippen LogP contribution is 1.95. The first kappa shape index (κ1) is 10.6. The van der Waals surface area contributed by atoms with E-state index in [-0.39, 0.29) is 5.82 Å². The van der Waals surface area contributed by atoms with E-state index in [0.717, 1.165) is 6.08 Å². The summed E-state index contributed by atoms with van der Waals surface area (Å²) in [5.41, 5.74) is -0.394. The molecule has 1 rings (SSSR count). The number of carboxylic acid groups (broad SMARTS) is 1. The maximum absolute atomic E-state index is 11.0. The van der Waals surface area contributed by atoms with Crippen molar-refractivity contribution in [2.24, 2.45) is 0 Å². The van der Waals surface area contributed by atoms with Gasteiger partial charge in [0.1, 0.15) is 0 Å². The maximum atomic E-state index is 11.0. The number of aromatic amines is 1. The Morgan fingerprint density at radius 3 is 2.67 bits per heavy atom. The van der Waals surface area contributed by atoms with Crippen molar-refractivity contribution >= 4 is 17.7 Å². The highest BCUT2D eigenvalue weighted by Gasteiger charge is 1.99. The van der Waals surface area contributed by atoms with Crippen LogP contribution < -0.4 is 10.9 Å². The molecule has 0 bridgehead atoms. The smallest absolute Gasteiger partial charge is 0.328 e. The van der Waals surface area contributed by atoms with Gasteiger partial charge in [-0.15, -0.1) is 0 Å². The molecular formula is C8H7N3O4. The minimum Gasteiger partial charge on any atom is -0.478 e. The summed E-state index contributed by atoms with van der Waals surface area (Å²) in [5.74, 6) is -1.73. The SMILES string of the molecule is O=C(O)/C=C/C(=O)Nc1ccc(=O)[nH]n1. The van der Waals surface area contributed by atoms with E-state index in [1.165, 1.54) is 12.1 Å². The molecule has 0 aliphatic carbocycles. The molecule has 7 nitrogen and oxygen atoms in total. The molecule has 0 radical (unpaired) electrons. The van der Waals surface area contributed by atoms with Crippen molar-refractivity contribution in [3.05, 3.63) is 34.6 Å². The molecule has 15 heavy (non-hydrogen) atoms. The molecule has 0 spiro atoms. The lowest BCUT2D eigenvalue weighted by atomic mass is 10.4. The van der Waals surface area contributed by atoms with E-state index < -0.39 is 17.4 Å². The summed E-state index contributed by atoms with van der Waals surface area (Å²) in [7, 11) is 0. The lowest BCUT2D eigenvalue weighted by Gasteiger charge is -1.97. The van der Waals surface area contributed by atoms with Crippen LogP contribution >= 0.6 is 0 Å². The number of carbonyl (C=O) groups is 2. The van der Waals surface area contributed by atoms with Crippen LogP contribution in [-0.2, 0) is 9.59 Å². The standard InChI is InChI=1S/C8H7N3O4/c12-6(3-4-8(14)15)9-5-1-2-7(13)11-10-5/h1-4H,(H,11,13)(H,14,15)(H,9,10,12)/b4-3+. The molecule has 0 fully saturated rings. The van der Waals surface area contributed by atoms with Gasteiger partial charge in [-0.1, -0.05) is 0 Å². The zero-order valence-corrected chi connectivity index (χ0v) is 7.43. The van der Waals surface area contributed by atoms with Crippen molar-refractivity contribution in [3.63, 3.8) is 0 Å². The van der Waals surface area contributed by atoms with Crippen LogP contribution in [-0.4, -0.2) is 27.2 Å². The number of aromatic nitrogens is 2. The first-order chi connectivity index (χ1) is 7.08. The topological polar surface area (TPSA) is 112 Å². The minimum absolute atomic E-state index is 0.134. The molecule has 78 valence electrons. The fourth-order valence-corrected chi connectivity index (χ4v) is 0.729. The van der Waals surface area contributed by atoms with Crippen LogP contribution in [0.25, 0.3) is 0 Å². The van der Waals surface area contributed by atoms with Gasteiger partial charge in [0.2, 0.25) is 5.91 Å². The number of aliphatic carboxylic acids is 1. The number of amides is 1. The number of nitrogens with zero attached hydrogens (tertiary/aromatic N) is 1. The number of H-pyrrole nitrogens is 1. The van der Waals surface area contributed by atoms with Crippen LogP contribution in [0.4, 0.5) is 5.82 Å². The Morgan fingerprint density at radius 1 is 1.40 bits per heavy atom. The van der Waals surface area contributed by atoms with E-state index in [1.807, 2.05) is 0 Å². The normalized spacial score (nSPS) is 10.1. The van der Waals surface area contributed by atoms with Crippen LogP contribution in [0.3, 0.4) is 0 Å². The van der Waals surface area contributed by atoms with Crippen LogP contribution in [0.5, 0.6) is 0 Å². The van der Waals surface area contributed by atoms with Gasteiger partial charge in [0.25, 0.3) is 5.56 Å². The summed E-state index contributed by atoms with van der Waals surface area (Å²) >= 11 is 0. The molecular weight excluding hydrogens is 202 g/mol. The molecule has 1 aromatic heterocycles. The monoisotopic (exact) mass is 209 g/mol. The fraction of sp³-hybridized carbons (Fsp3) is 0. The van der Waals surface area contributed by atoms with Crippen LogP contribution in [0.15, 0.2) is 29.1 Å². The molecule has 1 heterocycles. The van der Waals surface area contributed by atoms with Crippen molar-refractivity contribution < 1.29 is 14.7 Å². The molecule has 3 N–H and O–H groups in total. The zero-order valence-electron chi connectivity index (χ0n) is 7.43. The first-order valence-electron chi connectivity index (χ1n) is 3.85. The average molecular weight is 209 g/mol. The highest BCUT2D eigenvalue weighted by atomic mass is 16.4. The number of nitrogens with one attached hydrogen (secondary N) is 2. The van der Waals surface area contributed by atoms with E-state index >= 15 is 0 Å². The van der Waals surface area contributed by atoms with Gasteiger partial charge in [0.15, 0.2) is 5.82 Å². The Bertz CT molecular complexity index is 443. The Kier molecular flexibility index (Phi) is 3.33. The van der Waals surface area contributed by atoms with Crippen molar-refractivity contribution in [2.75, 3.05) is 5.32 Å². The number of hydrogen-bond donors (Lipinski definition) is 3. The van der Waals surface area contributed by atoms with Crippen molar-refractivity contribution in [1.82, 2.24) is 10.2 Å². The van der Waals surface area contributed by atoms with E-state index in [9.17, 15) is 14.4 Å². The van der Waals surface area contributed by atoms with Gasteiger partial charge in [-0.05, 0) is 6.07 Å². The Morgan fingerprint density at radius 2 is 2.13 bits per heavy atom. The quantitative estimate of drug-likeness (QED) is 0.572. The van der Waals surface area contributed by atoms with Crippen LogP contribution in [0.2, 0.25) is 0 Å². The van der Waals surface area contributed by atoms with Crippen molar-refractivity contribution in [1.29, 1.82) is 0 Å². The molecule has 0 unspecified atom stereocenters. The number of anilines is 1. The average Bonchev–Trinajstić information content (AvgIpc) is 2.19. The summed E-state index contributed by atoms with van der Waals surface area (Å²) < 4.78 is 0. The maximum Gasteiger partial charge on any atom is 0.328 e. The lowest BCUT2D eigenvalue weighted by molar-refractivity contribution is -0.131. The second kappa shape index (κ2) is 4.70. The number of carboxylic acids is 1. The molecule has 7 heteroatoms. The predicted octanol–water partition coefficient (Wildman–Crippen LogP) is -0.651. The lowest BCUT2D eigenvalue weighted by Crippen LogP contribution is -2.13. The third kappa shape index (κ3) is 3.85. The summed E-state index contributed by atoms with van der Waals surface area (Å²) in [6, 6.07) is 2.48. The Labute approximate surface area is 83.4 Å². The van der Waals surface area contributed by atoms with Gasteiger partial charge in [-0.25, -0.2) is 9.89 Å². The number of hydrogen-bond acceptors (Lipinski definition) is 4. The Balaban J connectivity index is 2.63. The summed E-state index contributed by atoms with van der Waals surface area (Å²) in [6.45, 7) is 0. The van der Waals surface area contributed by atoms with Gasteiger partial charge in [0, 0.05) is 18.2 Å². The van der Waals surface area contributed by atoms with E-state index in [0.29, 0.717) is 6.08 Å². The molecule has 0 aliphatic heterocycles. The van der Waals surface area contributed by atoms with Gasteiger partial charge in [0.05, 0.1) is 0 Å². The fourth-order valence-electron chi connectivity index (χ4n) is 0.729. The summed E-state index contributed by atoms with van der Waals surface area (Å²) in [5, 5.41) is 16.1. The van der Waals surface area contributed by atoms with Gasteiger partial charge in [-0.2, -0.15) is 5.10 Å². The molecule has 0 atom stereocenters. The minimum atomic E-state index is -1.22. The molecule has 0 aliphatic rings. The van der Waals surface area contributed by atoms with E-state index in [4.69, 9.17) is 5.11 Å². The number of carbonyl (C=O) groups excluding carboxylic acids is 1. The van der Waals surface area contributed by atoms with E-state index in [1.54, 1.807) is 0 Å². The van der Waals surface area contributed by atoms with Crippen LogP contribution in [0, 0.1) is 0 Å².